The van der Waals surface area contributed by atoms with E-state index in [1.807, 2.05) is 0 Å². The van der Waals surface area contributed by atoms with Crippen LogP contribution in [0.2, 0.25) is 0 Å². The van der Waals surface area contributed by atoms with Crippen LogP contribution in [0.3, 0.4) is 0 Å². The number of aromatic nitrogens is 1. The smallest absolute Gasteiger partial charge is 0.416 e. The predicted octanol–water partition coefficient (Wildman–Crippen LogP) is 7.84. The van der Waals surface area contributed by atoms with E-state index in [0.717, 1.165) is 7.11 Å². The van der Waals surface area contributed by atoms with Gasteiger partial charge in [0, 0.05) is 23.9 Å². The van der Waals surface area contributed by atoms with Crippen molar-refractivity contribution in [1.82, 2.24) is 4.98 Å². The van der Waals surface area contributed by atoms with Gasteiger partial charge in [0.2, 0.25) is 0 Å². The number of H-pyrrole nitrogens is 1. The molecule has 0 radical (unpaired) electrons. The highest BCUT2D eigenvalue weighted by Gasteiger charge is 2.47. The molecule has 41 heavy (non-hydrogen) atoms. The van der Waals surface area contributed by atoms with Gasteiger partial charge in [-0.15, -0.1) is 0 Å². The first kappa shape index (κ1) is 29.6. The number of alkyl halides is 6. The Kier molecular flexibility index (Phi) is 8.42. The molecule has 4 nitrogen and oxygen atoms in total. The molecule has 214 valence electrons. The van der Waals surface area contributed by atoms with Gasteiger partial charge in [-0.25, -0.2) is 0 Å². The Labute approximate surface area is 232 Å². The molecular weight excluding hydrogens is 548 g/mol. The van der Waals surface area contributed by atoms with Crippen molar-refractivity contribution in [2.45, 2.75) is 30.6 Å². The average molecular weight is 574 g/mol. The number of hydrogen-bond acceptors (Lipinski definition) is 3. The summed E-state index contributed by atoms with van der Waals surface area (Å²) in [7, 11) is 1.16. The fourth-order valence-corrected chi connectivity index (χ4v) is 5.27. The highest BCUT2D eigenvalue weighted by molar-refractivity contribution is 5.97. The van der Waals surface area contributed by atoms with Crippen LogP contribution in [0.5, 0.6) is 0 Å². The van der Waals surface area contributed by atoms with E-state index in [1.54, 1.807) is 79.0 Å². The summed E-state index contributed by atoms with van der Waals surface area (Å²) < 4.78 is 86.2. The van der Waals surface area contributed by atoms with Crippen LogP contribution < -0.4 is 0 Å². The fourth-order valence-electron chi connectivity index (χ4n) is 5.27. The molecule has 4 rings (SSSR count). The maximum Gasteiger partial charge on any atom is 0.416 e. The number of carbonyl (C=O) groups is 2. The summed E-state index contributed by atoms with van der Waals surface area (Å²) in [6.07, 6.45) is -9.53. The molecule has 1 heterocycles. The topological polar surface area (TPSA) is 59.2 Å². The Bertz CT molecular complexity index is 1410. The van der Waals surface area contributed by atoms with E-state index in [1.165, 1.54) is 0 Å². The Morgan fingerprint density at radius 3 is 1.63 bits per heavy atom. The standard InChI is InChI=1S/C31H25F6NO3/c1-41-28(40)19-23(18-26(39)20-15-24(30(32,33)34)17-25(16-20)31(35,36)37)29(27-13-8-14-38-27,21-9-4-2-5-10-21)22-11-6-3-7-12-22/h2-17,23,38H,18-19H2,1H3. The third-order valence-electron chi connectivity index (χ3n) is 7.08. The van der Waals surface area contributed by atoms with Gasteiger partial charge in [0.05, 0.1) is 30.1 Å². The molecule has 10 heteroatoms. The summed E-state index contributed by atoms with van der Waals surface area (Å²) >= 11 is 0. The zero-order chi connectivity index (χ0) is 29.8. The quantitative estimate of drug-likeness (QED) is 0.126. The maximum absolute atomic E-state index is 13.7. The SMILES string of the molecule is COC(=O)CC(CC(=O)c1cc(C(F)(F)F)cc(C(F)(F)F)c1)C(c1ccccc1)(c1ccccc1)c1ccc[nH]1. The van der Waals surface area contributed by atoms with Crippen molar-refractivity contribution in [3.63, 3.8) is 0 Å². The van der Waals surface area contributed by atoms with Gasteiger partial charge in [-0.1, -0.05) is 60.7 Å². The number of aromatic amines is 1. The number of ether oxygens (including phenoxy) is 1. The van der Waals surface area contributed by atoms with Gasteiger partial charge in [-0.2, -0.15) is 26.3 Å². The molecule has 0 fully saturated rings. The summed E-state index contributed by atoms with van der Waals surface area (Å²) in [5.74, 6) is -2.68. The van der Waals surface area contributed by atoms with Gasteiger partial charge in [0.15, 0.2) is 5.78 Å². The molecule has 0 saturated heterocycles. The molecule has 0 amide bonds. The Morgan fingerprint density at radius 2 is 1.22 bits per heavy atom. The second-order valence-electron chi connectivity index (χ2n) is 9.52. The predicted molar refractivity (Wildman–Crippen MR) is 139 cm³/mol. The van der Waals surface area contributed by atoms with E-state index in [2.05, 4.69) is 4.98 Å². The molecule has 4 aromatic rings. The van der Waals surface area contributed by atoms with Gasteiger partial charge in [-0.05, 0) is 47.4 Å². The number of benzene rings is 3. The minimum Gasteiger partial charge on any atom is -0.469 e. The minimum absolute atomic E-state index is 0.0279. The summed E-state index contributed by atoms with van der Waals surface area (Å²) in [6, 6.07) is 22.0. The van der Waals surface area contributed by atoms with Gasteiger partial charge in [0.25, 0.3) is 0 Å². The summed E-state index contributed by atoms with van der Waals surface area (Å²) in [4.78, 5) is 29.6. The van der Waals surface area contributed by atoms with E-state index in [0.29, 0.717) is 29.0 Å². The Morgan fingerprint density at radius 1 is 0.707 bits per heavy atom. The summed E-state index contributed by atoms with van der Waals surface area (Å²) in [5.41, 5.74) is -3.33. The molecule has 3 aromatic carbocycles. The van der Waals surface area contributed by atoms with Crippen molar-refractivity contribution in [3.05, 3.63) is 131 Å². The van der Waals surface area contributed by atoms with Crippen LogP contribution in [0.4, 0.5) is 26.3 Å². The van der Waals surface area contributed by atoms with Crippen LogP contribution in [0, 0.1) is 5.92 Å². The number of ketones is 1. The van der Waals surface area contributed by atoms with E-state index < -0.39 is 58.5 Å². The second kappa shape index (κ2) is 11.6. The van der Waals surface area contributed by atoms with Crippen molar-refractivity contribution in [2.75, 3.05) is 7.11 Å². The highest BCUT2D eigenvalue weighted by atomic mass is 19.4. The number of halogens is 6. The minimum atomic E-state index is -5.12. The van der Waals surface area contributed by atoms with E-state index in [-0.39, 0.29) is 12.5 Å². The number of rotatable bonds is 9. The van der Waals surface area contributed by atoms with Crippen molar-refractivity contribution in [1.29, 1.82) is 0 Å². The number of esters is 1. The van der Waals surface area contributed by atoms with Crippen molar-refractivity contribution >= 4 is 11.8 Å². The summed E-state index contributed by atoms with van der Waals surface area (Å²) in [5, 5.41) is 0. The lowest BCUT2D eigenvalue weighted by atomic mass is 9.61. The summed E-state index contributed by atoms with van der Waals surface area (Å²) in [6.45, 7) is 0. The molecule has 1 N–H and O–H groups in total. The van der Waals surface area contributed by atoms with E-state index >= 15 is 0 Å². The largest absolute Gasteiger partial charge is 0.469 e. The van der Waals surface area contributed by atoms with E-state index in [9.17, 15) is 35.9 Å². The average Bonchev–Trinajstić information content (AvgIpc) is 3.48. The lowest BCUT2D eigenvalue weighted by Gasteiger charge is -2.41. The monoisotopic (exact) mass is 573 g/mol. The van der Waals surface area contributed by atoms with Crippen LogP contribution in [-0.2, 0) is 27.3 Å². The number of nitrogens with one attached hydrogen (secondary N) is 1. The molecule has 0 aliphatic rings. The normalized spacial score (nSPS) is 13.0. The third-order valence-corrected chi connectivity index (χ3v) is 7.08. The molecule has 0 spiro atoms. The van der Waals surface area contributed by atoms with Gasteiger partial charge in [-0.3, -0.25) is 9.59 Å². The zero-order valence-electron chi connectivity index (χ0n) is 21.7. The Balaban J connectivity index is 1.95. The molecule has 0 bridgehead atoms. The molecule has 1 aromatic heterocycles. The van der Waals surface area contributed by atoms with Crippen molar-refractivity contribution in [2.24, 2.45) is 5.92 Å². The zero-order valence-corrected chi connectivity index (χ0v) is 21.7. The van der Waals surface area contributed by atoms with Crippen LogP contribution in [0.1, 0.15) is 51.1 Å². The molecule has 1 atom stereocenters. The van der Waals surface area contributed by atoms with Gasteiger partial charge in [0.1, 0.15) is 0 Å². The van der Waals surface area contributed by atoms with Crippen LogP contribution in [0.15, 0.2) is 97.2 Å². The molecule has 1 unspecified atom stereocenters. The van der Waals surface area contributed by atoms with Crippen LogP contribution >= 0.6 is 0 Å². The molecule has 0 aliphatic heterocycles. The molecule has 0 aliphatic carbocycles. The first-order valence-electron chi connectivity index (χ1n) is 12.5. The van der Waals surface area contributed by atoms with Crippen LogP contribution in [-0.4, -0.2) is 23.8 Å². The maximum atomic E-state index is 13.7. The van der Waals surface area contributed by atoms with Crippen molar-refractivity contribution < 1.29 is 40.7 Å². The van der Waals surface area contributed by atoms with Crippen LogP contribution in [0.25, 0.3) is 0 Å². The third kappa shape index (κ3) is 6.21. The van der Waals surface area contributed by atoms with E-state index in [4.69, 9.17) is 4.74 Å². The number of methoxy groups -OCH3 is 1. The first-order valence-corrected chi connectivity index (χ1v) is 12.5. The molecular formula is C31H25F6NO3. The molecule has 0 saturated carbocycles. The lowest BCUT2D eigenvalue weighted by molar-refractivity contribution is -0.143. The first-order chi connectivity index (χ1) is 19.4. The second-order valence-corrected chi connectivity index (χ2v) is 9.52. The Hall–Kier alpha value is -4.34. The highest BCUT2D eigenvalue weighted by Crippen LogP contribution is 2.48. The number of Topliss-reactive ketones (excluding diaryl/α,β-unsaturated/α-hetero) is 1. The fraction of sp³-hybridized carbons (Fsp3) is 0.226. The number of carbonyl (C=O) groups excluding carboxylic acids is 2. The lowest BCUT2D eigenvalue weighted by Crippen LogP contribution is -2.41. The van der Waals surface area contributed by atoms with Gasteiger partial charge >= 0.3 is 18.3 Å². The van der Waals surface area contributed by atoms with Crippen molar-refractivity contribution in [3.8, 4) is 0 Å². The number of hydrogen-bond donors (Lipinski definition) is 1. The van der Waals surface area contributed by atoms with Gasteiger partial charge < -0.3 is 9.72 Å².